The maximum Gasteiger partial charge on any atom is 0.303 e. The third-order valence-electron chi connectivity index (χ3n) is 23.3. The molecular weight excluding hydrogens is 1570 g/mol. The van der Waals surface area contributed by atoms with Crippen molar-refractivity contribution < 1.29 is 81.9 Å². The summed E-state index contributed by atoms with van der Waals surface area (Å²) in [7, 11) is 9.98. The van der Waals surface area contributed by atoms with Crippen molar-refractivity contribution in [2.24, 2.45) is 31.7 Å². The van der Waals surface area contributed by atoms with Crippen molar-refractivity contribution in [1.29, 1.82) is 0 Å². The standard InChI is InChI=1S/C45H52N6O8.C23H25N3O5.C22H29N3O4.CH2O2/c1-49-26-34(31-17-19-46-23-33(31)43(49)55)30-21-37(58-2)35(38(22-30)59-3)27-50-24-28(25-50)20-40(53)47-18-10-8-6-4-5-7-9-12-29-13-11-14-32-41(29)45(57)51(44(32)56)36-15-16-39(52)48-42(36)54;1-25-12-18(16-4-5-24-9-17(16)23(25)29)15-7-20(30-2)19(21(8-15)31-3)13-26-10-14(11-26)6-22(27)28;23-14-7-5-3-1-2-4-6-9-15-10-8-11-16-19(15)22(29)25(21(16)28)17-12-13-18(26)24-20(17)27;2-1-3/h11,13-14,17,19,21-23,26,28,36H,4-10,12,15-16,18,20,24-25,27H2,1-3H3,(H,47,53)(H,48,52,54);4-5,7-9,12,14H,6,10-11,13H2,1-3H3,(H,27,28);8,10-11,17H,1-7,9,12-14,23H2,(H,24,26,27);1H,(H,2,3). The van der Waals surface area contributed by atoms with Crippen molar-refractivity contribution >= 4 is 87.2 Å². The topological polar surface area (TPSA) is 410 Å². The number of carbonyl (C=O) groups is 11. The number of nitrogens with two attached hydrogens (primary N) is 1. The Morgan fingerprint density at radius 3 is 1.26 bits per heavy atom. The number of fused-ring (bicyclic) bond motifs is 4. The number of hydrogen-bond donors (Lipinski definition) is 6. The van der Waals surface area contributed by atoms with Crippen LogP contribution < -0.4 is 51.8 Å². The summed E-state index contributed by atoms with van der Waals surface area (Å²) in [4.78, 5) is 172. The number of likely N-dealkylation sites (tertiary alicyclic amines) is 2. The van der Waals surface area contributed by atoms with E-state index >= 15 is 0 Å². The van der Waals surface area contributed by atoms with E-state index in [9.17, 15) is 57.5 Å². The average Bonchev–Trinajstić information content (AvgIpc) is 1.31. The number of ether oxygens (including phenoxy) is 4. The maximum absolute atomic E-state index is 13.3. The fourth-order valence-electron chi connectivity index (χ4n) is 17.1. The van der Waals surface area contributed by atoms with E-state index in [0.29, 0.717) is 88.5 Å². The van der Waals surface area contributed by atoms with Gasteiger partial charge in [-0.15, -0.1) is 0 Å². The van der Waals surface area contributed by atoms with E-state index in [4.69, 9.17) is 39.7 Å². The van der Waals surface area contributed by atoms with Crippen molar-refractivity contribution in [3.05, 3.63) is 175 Å². The molecule has 6 aliphatic rings. The zero-order valence-corrected chi connectivity index (χ0v) is 70.0. The van der Waals surface area contributed by atoms with Crippen LogP contribution in [-0.4, -0.2) is 194 Å². The lowest BCUT2D eigenvalue weighted by Gasteiger charge is -2.39. The predicted octanol–water partition coefficient (Wildman–Crippen LogP) is 9.48. The number of aryl methyl sites for hydroxylation is 4. The maximum atomic E-state index is 13.3. The number of carboxylic acids is 1. The number of carboxylic acid groups (broad SMARTS) is 2. The van der Waals surface area contributed by atoms with Gasteiger partial charge >= 0.3 is 5.97 Å². The van der Waals surface area contributed by atoms with Crippen molar-refractivity contribution in [2.75, 3.05) is 67.7 Å². The molecule has 0 spiro atoms. The molecule has 4 fully saturated rings. The van der Waals surface area contributed by atoms with Gasteiger partial charge in [0.2, 0.25) is 29.5 Å². The number of aromatic nitrogens is 4. The number of nitrogens with one attached hydrogen (secondary N) is 3. The van der Waals surface area contributed by atoms with Gasteiger partial charge in [0.25, 0.3) is 41.2 Å². The summed E-state index contributed by atoms with van der Waals surface area (Å²) in [5.41, 5.74) is 13.8. The Kier molecular flexibility index (Phi) is 31.7. The van der Waals surface area contributed by atoms with Gasteiger partial charge in [0.1, 0.15) is 35.1 Å². The first kappa shape index (κ1) is 90.4. The molecule has 0 radical (unpaired) electrons. The molecule has 7 N–H and O–H groups in total. The lowest BCUT2D eigenvalue weighted by molar-refractivity contribution is -0.140. The number of amides is 9. The Hall–Kier alpha value is -12.4. The minimum atomic E-state index is -0.962. The number of unbranched alkanes of at least 4 members (excludes halogenated alkanes) is 12. The average molecular weight is 1670 g/mol. The third-order valence-corrected chi connectivity index (χ3v) is 23.3. The molecule has 122 heavy (non-hydrogen) atoms. The number of hydrogen-bond acceptors (Lipinski definition) is 22. The van der Waals surface area contributed by atoms with Crippen molar-refractivity contribution in [1.82, 2.24) is 54.7 Å². The van der Waals surface area contributed by atoms with E-state index in [0.717, 1.165) is 175 Å². The van der Waals surface area contributed by atoms with Crippen LogP contribution in [0.2, 0.25) is 0 Å². The van der Waals surface area contributed by atoms with Crippen molar-refractivity contribution in [2.45, 2.75) is 166 Å². The van der Waals surface area contributed by atoms with Gasteiger partial charge in [-0.05, 0) is 151 Å². The monoisotopic (exact) mass is 1670 g/mol. The molecule has 8 aromatic rings. The molecule has 10 heterocycles. The van der Waals surface area contributed by atoms with E-state index in [1.807, 2.05) is 60.9 Å². The highest BCUT2D eigenvalue weighted by Crippen LogP contribution is 2.42. The van der Waals surface area contributed by atoms with Crippen LogP contribution in [0.25, 0.3) is 43.8 Å². The quantitative estimate of drug-likeness (QED) is 0.0122. The highest BCUT2D eigenvalue weighted by atomic mass is 16.5. The van der Waals surface area contributed by atoms with Gasteiger partial charge in [-0.2, -0.15) is 0 Å². The summed E-state index contributed by atoms with van der Waals surface area (Å²) >= 11 is 0. The number of benzene rings is 4. The molecule has 2 atom stereocenters. The molecule has 0 saturated carbocycles. The van der Waals surface area contributed by atoms with E-state index in [-0.39, 0.29) is 73.3 Å². The minimum Gasteiger partial charge on any atom is -0.496 e. The molecule has 9 amide bonds. The molecule has 31 heteroatoms. The molecule has 2 unspecified atom stereocenters. The van der Waals surface area contributed by atoms with E-state index in [1.54, 1.807) is 101 Å². The number of piperidine rings is 2. The first-order valence-corrected chi connectivity index (χ1v) is 41.7. The number of pyridine rings is 4. The predicted molar refractivity (Wildman–Crippen MR) is 454 cm³/mol. The minimum absolute atomic E-state index is 0.0849. The Bertz CT molecular complexity index is 5310. The van der Waals surface area contributed by atoms with Gasteiger partial charge in [-0.25, -0.2) is 0 Å². The smallest absolute Gasteiger partial charge is 0.303 e. The second-order valence-electron chi connectivity index (χ2n) is 31.7. The zero-order valence-electron chi connectivity index (χ0n) is 70.0. The van der Waals surface area contributed by atoms with Crippen molar-refractivity contribution in [3.8, 4) is 45.3 Å². The number of imide groups is 4. The van der Waals surface area contributed by atoms with Crippen LogP contribution in [-0.2, 0) is 73.6 Å². The van der Waals surface area contributed by atoms with Gasteiger partial charge in [0, 0.05) is 127 Å². The molecule has 646 valence electrons. The molecule has 6 aliphatic heterocycles. The Labute approximate surface area is 706 Å². The number of aliphatic carboxylic acids is 1. The third kappa shape index (κ3) is 21.5. The fraction of sp³-hybridized carbons (Fsp3) is 0.440. The van der Waals surface area contributed by atoms with Gasteiger partial charge in [-0.1, -0.05) is 88.5 Å². The van der Waals surface area contributed by atoms with Crippen LogP contribution in [0.1, 0.15) is 192 Å². The molecule has 4 aromatic heterocycles. The van der Waals surface area contributed by atoms with Crippen molar-refractivity contribution in [3.63, 3.8) is 0 Å². The Morgan fingerprint density at radius 1 is 0.508 bits per heavy atom. The number of methoxy groups -OCH3 is 4. The van der Waals surface area contributed by atoms with E-state index in [2.05, 4.69) is 35.7 Å². The molecule has 14 rings (SSSR count). The summed E-state index contributed by atoms with van der Waals surface area (Å²) in [6, 6.07) is 20.3. The van der Waals surface area contributed by atoms with Crippen LogP contribution in [0.3, 0.4) is 0 Å². The highest BCUT2D eigenvalue weighted by Gasteiger charge is 2.47. The summed E-state index contributed by atoms with van der Waals surface area (Å²) in [5, 5.41) is 26.1. The molecule has 0 bridgehead atoms. The van der Waals surface area contributed by atoms with Crippen LogP contribution in [0.4, 0.5) is 0 Å². The van der Waals surface area contributed by atoms with Crippen LogP contribution in [0, 0.1) is 11.8 Å². The summed E-state index contributed by atoms with van der Waals surface area (Å²) in [6.45, 7) is 5.49. The van der Waals surface area contributed by atoms with E-state index < -0.39 is 59.4 Å². The molecule has 4 aromatic carbocycles. The van der Waals surface area contributed by atoms with Crippen LogP contribution in [0.5, 0.6) is 23.0 Å². The molecule has 0 aliphatic carbocycles. The van der Waals surface area contributed by atoms with Crippen LogP contribution >= 0.6 is 0 Å². The Morgan fingerprint density at radius 2 is 0.885 bits per heavy atom. The second-order valence-corrected chi connectivity index (χ2v) is 31.7. The normalized spacial score (nSPS) is 16.5. The summed E-state index contributed by atoms with van der Waals surface area (Å²) in [5.74, 6) is -1.17. The van der Waals surface area contributed by atoms with Gasteiger partial charge < -0.3 is 49.3 Å². The molecular formula is C91H108N12O19. The van der Waals surface area contributed by atoms with Gasteiger partial charge in [0.05, 0.1) is 79.0 Å². The SMILES string of the molecule is COc1cc(-c2cn(C)c(=O)c3cnccc23)cc(OC)c1CN1CC(CC(=O)NCCCCCCCCCc2cccc3c2C(=O)N(C2CCC(=O)NC2=O)C3=O)C1.COc1cc(-c2cn(C)c(=O)c3cnccc23)cc(OC)c1CN1CC(CC(=O)O)C1.NCCCCCCCCCc1cccc2c1C(=O)N(C1CCC(=O)NC1=O)C2=O.O=CO. The zero-order chi connectivity index (χ0) is 87.3. The van der Waals surface area contributed by atoms with Gasteiger partial charge in [0.15, 0.2) is 0 Å². The Balaban J connectivity index is 0.000000193. The van der Waals surface area contributed by atoms with Crippen LogP contribution in [0.15, 0.2) is 120 Å². The number of rotatable bonds is 35. The highest BCUT2D eigenvalue weighted by molar-refractivity contribution is 6.25. The van der Waals surface area contributed by atoms with E-state index in [1.165, 1.54) is 19.3 Å². The largest absolute Gasteiger partial charge is 0.496 e. The summed E-state index contributed by atoms with van der Waals surface area (Å²) in [6.07, 6.45) is 27.7. The number of carbonyl (C=O) groups excluding carboxylic acids is 9. The van der Waals surface area contributed by atoms with Gasteiger partial charge in [-0.3, -0.25) is 103 Å². The first-order chi connectivity index (χ1) is 58.9. The lowest BCUT2D eigenvalue weighted by Crippen LogP contribution is -2.54. The number of nitrogens with zero attached hydrogens (tertiary/aromatic N) is 8. The fourth-order valence-corrected chi connectivity index (χ4v) is 17.1. The summed E-state index contributed by atoms with van der Waals surface area (Å²) < 4.78 is 26.2. The molecule has 4 saturated heterocycles. The second kappa shape index (κ2) is 42.7. The lowest BCUT2D eigenvalue weighted by atomic mass is 9.94. The molecule has 31 nitrogen and oxygen atoms in total. The first-order valence-electron chi connectivity index (χ1n) is 41.7.